The van der Waals surface area contributed by atoms with Crippen LogP contribution < -0.4 is 9.47 Å². The van der Waals surface area contributed by atoms with Gasteiger partial charge < -0.3 is 37.9 Å². The first-order valence-corrected chi connectivity index (χ1v) is 12.4. The van der Waals surface area contributed by atoms with Crippen LogP contribution in [0.4, 0.5) is 0 Å². The molecule has 5 atom stereocenters. The standard InChI is InChI=1S/C27H30O15/c1-13(28)35-12-22-24(38-16(4)31)25(39-17(5)32)26(40-18(6)33)27(41-22)42-23(34)10-8-19-7-9-20(36-14(2)29)21(11-19)37-15(3)30/h7-11,22,24-27H,12H2,1-6H3/b10-8+. The first-order valence-electron chi connectivity index (χ1n) is 12.4. The number of esters is 7. The molecule has 42 heavy (non-hydrogen) atoms. The number of carbonyl (C=O) groups is 7. The minimum Gasteiger partial charge on any atom is -0.463 e. The zero-order valence-electron chi connectivity index (χ0n) is 23.6. The van der Waals surface area contributed by atoms with Crippen molar-refractivity contribution in [2.75, 3.05) is 6.61 Å². The minimum absolute atomic E-state index is 0.0325. The van der Waals surface area contributed by atoms with Crippen LogP contribution in [0.1, 0.15) is 47.1 Å². The van der Waals surface area contributed by atoms with Crippen molar-refractivity contribution in [3.8, 4) is 11.5 Å². The second-order valence-corrected chi connectivity index (χ2v) is 8.73. The molecule has 1 aromatic carbocycles. The maximum absolute atomic E-state index is 12.8. The lowest BCUT2D eigenvalue weighted by molar-refractivity contribution is -0.299. The van der Waals surface area contributed by atoms with Gasteiger partial charge in [0.15, 0.2) is 23.7 Å². The van der Waals surface area contributed by atoms with Gasteiger partial charge >= 0.3 is 41.8 Å². The summed E-state index contributed by atoms with van der Waals surface area (Å²) in [5.74, 6) is -5.75. The van der Waals surface area contributed by atoms with Gasteiger partial charge in [-0.3, -0.25) is 28.8 Å². The molecule has 0 N–H and O–H groups in total. The Labute approximate surface area is 239 Å². The predicted octanol–water partition coefficient (Wildman–Crippen LogP) is 1.18. The van der Waals surface area contributed by atoms with E-state index in [0.717, 1.165) is 47.6 Å². The number of rotatable bonds is 10. The zero-order valence-corrected chi connectivity index (χ0v) is 23.6. The summed E-state index contributed by atoms with van der Waals surface area (Å²) < 4.78 is 41.8. The Hall–Kier alpha value is -4.79. The Morgan fingerprint density at radius 1 is 0.667 bits per heavy atom. The van der Waals surface area contributed by atoms with Gasteiger partial charge in [-0.1, -0.05) is 6.07 Å². The summed E-state index contributed by atoms with van der Waals surface area (Å²) in [7, 11) is 0. The van der Waals surface area contributed by atoms with Crippen LogP contribution in [0.2, 0.25) is 0 Å². The molecule has 0 radical (unpaired) electrons. The largest absolute Gasteiger partial charge is 0.463 e. The molecule has 15 heteroatoms. The lowest BCUT2D eigenvalue weighted by Gasteiger charge is -2.43. The van der Waals surface area contributed by atoms with Gasteiger partial charge in [0.1, 0.15) is 12.7 Å². The molecule has 0 amide bonds. The lowest BCUT2D eigenvalue weighted by atomic mass is 9.98. The molecule has 5 unspecified atom stereocenters. The van der Waals surface area contributed by atoms with E-state index in [4.69, 9.17) is 37.9 Å². The number of hydrogen-bond donors (Lipinski definition) is 0. The third-order valence-electron chi connectivity index (χ3n) is 5.07. The topological polar surface area (TPSA) is 193 Å². The van der Waals surface area contributed by atoms with E-state index in [1.165, 1.54) is 24.3 Å². The molecule has 15 nitrogen and oxygen atoms in total. The molecular weight excluding hydrogens is 564 g/mol. The van der Waals surface area contributed by atoms with Gasteiger partial charge in [0.2, 0.25) is 12.4 Å². The third-order valence-corrected chi connectivity index (χ3v) is 5.07. The van der Waals surface area contributed by atoms with Crippen molar-refractivity contribution >= 4 is 47.9 Å². The summed E-state index contributed by atoms with van der Waals surface area (Å²) in [6.07, 6.45) is -5.35. The summed E-state index contributed by atoms with van der Waals surface area (Å²) in [5, 5.41) is 0. The molecular formula is C27H30O15. The summed E-state index contributed by atoms with van der Waals surface area (Å²) in [6.45, 7) is 6.07. The predicted molar refractivity (Wildman–Crippen MR) is 136 cm³/mol. The highest BCUT2D eigenvalue weighted by Gasteiger charge is 2.53. The second-order valence-electron chi connectivity index (χ2n) is 8.73. The number of ether oxygens (including phenoxy) is 8. The first kappa shape index (κ1) is 33.4. The summed E-state index contributed by atoms with van der Waals surface area (Å²) in [5.41, 5.74) is 0.320. The van der Waals surface area contributed by atoms with Crippen LogP contribution in [0.25, 0.3) is 6.08 Å². The first-order chi connectivity index (χ1) is 19.7. The molecule has 1 saturated heterocycles. The van der Waals surface area contributed by atoms with Crippen LogP contribution in [-0.2, 0) is 62.0 Å². The van der Waals surface area contributed by atoms with E-state index >= 15 is 0 Å². The Morgan fingerprint density at radius 2 is 1.21 bits per heavy atom. The van der Waals surface area contributed by atoms with Gasteiger partial charge in [-0.25, -0.2) is 4.79 Å². The monoisotopic (exact) mass is 594 g/mol. The number of hydrogen-bond acceptors (Lipinski definition) is 15. The zero-order chi connectivity index (χ0) is 31.6. The van der Waals surface area contributed by atoms with Crippen molar-refractivity contribution < 1.29 is 71.5 Å². The van der Waals surface area contributed by atoms with Crippen molar-refractivity contribution in [1.29, 1.82) is 0 Å². The van der Waals surface area contributed by atoms with Crippen LogP contribution in [0, 0.1) is 0 Å². The van der Waals surface area contributed by atoms with Gasteiger partial charge in [-0.15, -0.1) is 0 Å². The lowest BCUT2D eigenvalue weighted by Crippen LogP contribution is -2.63. The average molecular weight is 595 g/mol. The van der Waals surface area contributed by atoms with Gasteiger partial charge in [0.05, 0.1) is 0 Å². The highest BCUT2D eigenvalue weighted by atomic mass is 16.7. The van der Waals surface area contributed by atoms with E-state index in [1.807, 2.05) is 0 Å². The Kier molecular flexibility index (Phi) is 12.2. The molecule has 1 aliphatic rings. The summed E-state index contributed by atoms with van der Waals surface area (Å²) in [6, 6.07) is 4.10. The fourth-order valence-corrected chi connectivity index (χ4v) is 3.70. The molecule has 1 aliphatic heterocycles. The van der Waals surface area contributed by atoms with Gasteiger partial charge in [-0.2, -0.15) is 0 Å². The molecule has 0 bridgehead atoms. The van der Waals surface area contributed by atoms with Crippen LogP contribution >= 0.6 is 0 Å². The molecule has 0 spiro atoms. The van der Waals surface area contributed by atoms with Crippen LogP contribution in [-0.4, -0.2) is 79.1 Å². The van der Waals surface area contributed by atoms with Crippen molar-refractivity contribution in [3.63, 3.8) is 0 Å². The maximum atomic E-state index is 12.8. The van der Waals surface area contributed by atoms with Gasteiger partial charge in [-0.05, 0) is 23.8 Å². The molecule has 1 fully saturated rings. The van der Waals surface area contributed by atoms with Crippen molar-refractivity contribution in [3.05, 3.63) is 29.8 Å². The van der Waals surface area contributed by atoms with Crippen molar-refractivity contribution in [2.45, 2.75) is 72.2 Å². The SMILES string of the molecule is CC(=O)OCC1OC(OC(=O)/C=C/c2ccc(OC(C)=O)c(OC(C)=O)c2)C(OC(C)=O)C(OC(C)=O)C1OC(C)=O. The quantitative estimate of drug-likeness (QED) is 0.162. The Bertz CT molecular complexity index is 1250. The average Bonchev–Trinajstić information content (AvgIpc) is 2.85. The van der Waals surface area contributed by atoms with E-state index in [-0.39, 0.29) is 11.5 Å². The normalized spacial score (nSPS) is 21.4. The molecule has 0 saturated carbocycles. The third kappa shape index (κ3) is 10.6. The van der Waals surface area contributed by atoms with Crippen molar-refractivity contribution in [2.24, 2.45) is 0 Å². The van der Waals surface area contributed by atoms with Crippen LogP contribution in [0.15, 0.2) is 24.3 Å². The smallest absolute Gasteiger partial charge is 0.333 e. The number of carbonyl (C=O) groups excluding carboxylic acids is 7. The van der Waals surface area contributed by atoms with Crippen LogP contribution in [0.3, 0.4) is 0 Å². The Morgan fingerprint density at radius 3 is 1.76 bits per heavy atom. The fraction of sp³-hybridized carbons (Fsp3) is 0.444. The number of benzene rings is 1. The summed E-state index contributed by atoms with van der Waals surface area (Å²) in [4.78, 5) is 82.6. The molecule has 1 heterocycles. The van der Waals surface area contributed by atoms with E-state index in [0.29, 0.717) is 5.56 Å². The molecule has 2 rings (SSSR count). The van der Waals surface area contributed by atoms with Gasteiger partial charge in [0.25, 0.3) is 0 Å². The van der Waals surface area contributed by atoms with E-state index in [2.05, 4.69) is 0 Å². The van der Waals surface area contributed by atoms with E-state index in [1.54, 1.807) is 0 Å². The van der Waals surface area contributed by atoms with E-state index in [9.17, 15) is 33.6 Å². The highest BCUT2D eigenvalue weighted by molar-refractivity contribution is 5.87. The molecule has 0 aromatic heterocycles. The van der Waals surface area contributed by atoms with Crippen molar-refractivity contribution in [1.82, 2.24) is 0 Å². The second kappa shape index (κ2) is 15.3. The van der Waals surface area contributed by atoms with E-state index < -0.39 is 79.1 Å². The molecule has 228 valence electrons. The molecule has 0 aliphatic carbocycles. The fourth-order valence-electron chi connectivity index (χ4n) is 3.70. The highest BCUT2D eigenvalue weighted by Crippen LogP contribution is 2.31. The molecule has 1 aromatic rings. The van der Waals surface area contributed by atoms with Crippen LogP contribution in [0.5, 0.6) is 11.5 Å². The summed E-state index contributed by atoms with van der Waals surface area (Å²) >= 11 is 0. The Balaban J connectivity index is 2.38. The maximum Gasteiger partial charge on any atom is 0.333 e. The van der Waals surface area contributed by atoms with Gasteiger partial charge in [0, 0.05) is 47.6 Å². The minimum atomic E-state index is -1.72.